The summed E-state index contributed by atoms with van der Waals surface area (Å²) in [4.78, 5) is 32.8. The Kier molecular flexibility index (Phi) is 15.8. The number of carbonyl (C=O) groups is 2. The third-order valence-corrected chi connectivity index (χ3v) is 5.84. The van der Waals surface area contributed by atoms with Crippen LogP contribution in [0.4, 0.5) is 0 Å². The molecule has 0 saturated heterocycles. The maximum absolute atomic E-state index is 12.0. The van der Waals surface area contributed by atoms with Crippen LogP contribution in [0.25, 0.3) is 0 Å². The van der Waals surface area contributed by atoms with Crippen molar-refractivity contribution in [1.29, 1.82) is 0 Å². The van der Waals surface area contributed by atoms with Crippen molar-refractivity contribution in [3.05, 3.63) is 82.9 Å². The van der Waals surface area contributed by atoms with Crippen LogP contribution in [-0.4, -0.2) is 37.5 Å². The fourth-order valence-electron chi connectivity index (χ4n) is 3.54. The number of benzene rings is 2. The number of unbranched alkanes of at least 4 members (excludes halogenated alkanes) is 6. The standard InChI is InChI=1S/C32H42N2O4/c1-3-5-7-9-21-33-23-27-11-15-29(16-12-27)25-37-31(35)19-20-32(36)38-26-30-17-13-28(14-18-30)24-34-22-10-8-6-4-2/h11-20,23-24H,3-10,21-22,25-26H2,1-2H3/b20-19-,33-23?,34-24?. The summed E-state index contributed by atoms with van der Waals surface area (Å²) in [6, 6.07) is 15.4. The van der Waals surface area contributed by atoms with Gasteiger partial charge in [-0.3, -0.25) is 9.98 Å². The first-order chi connectivity index (χ1) is 18.6. The van der Waals surface area contributed by atoms with Gasteiger partial charge in [0.05, 0.1) is 0 Å². The van der Waals surface area contributed by atoms with Crippen molar-refractivity contribution < 1.29 is 19.1 Å². The molecule has 38 heavy (non-hydrogen) atoms. The third-order valence-electron chi connectivity index (χ3n) is 5.84. The first kappa shape index (κ1) is 30.7. The van der Waals surface area contributed by atoms with Crippen molar-refractivity contribution in [3.63, 3.8) is 0 Å². The van der Waals surface area contributed by atoms with Crippen LogP contribution in [-0.2, 0) is 32.3 Å². The molecule has 0 aliphatic carbocycles. The van der Waals surface area contributed by atoms with E-state index in [0.29, 0.717) is 0 Å². The Balaban J connectivity index is 1.64. The van der Waals surface area contributed by atoms with Gasteiger partial charge in [0, 0.05) is 37.7 Å². The van der Waals surface area contributed by atoms with E-state index >= 15 is 0 Å². The molecule has 0 bridgehead atoms. The molecule has 0 atom stereocenters. The van der Waals surface area contributed by atoms with E-state index in [1.807, 2.05) is 61.0 Å². The predicted molar refractivity (Wildman–Crippen MR) is 155 cm³/mol. The maximum Gasteiger partial charge on any atom is 0.331 e. The molecule has 0 amide bonds. The average molecular weight is 519 g/mol. The summed E-state index contributed by atoms with van der Waals surface area (Å²) < 4.78 is 10.4. The third kappa shape index (κ3) is 14.3. The van der Waals surface area contributed by atoms with Gasteiger partial charge in [0.25, 0.3) is 0 Å². The van der Waals surface area contributed by atoms with Crippen molar-refractivity contribution in [1.82, 2.24) is 0 Å². The molecule has 0 aliphatic rings. The molecule has 0 saturated carbocycles. The summed E-state index contributed by atoms with van der Waals surface area (Å²) in [5.41, 5.74) is 3.75. The van der Waals surface area contributed by atoms with Gasteiger partial charge in [-0.15, -0.1) is 0 Å². The van der Waals surface area contributed by atoms with Gasteiger partial charge < -0.3 is 9.47 Å². The lowest BCUT2D eigenvalue weighted by Gasteiger charge is -2.04. The van der Waals surface area contributed by atoms with Gasteiger partial charge in [-0.05, 0) is 35.1 Å². The number of ether oxygens (including phenoxy) is 2. The lowest BCUT2D eigenvalue weighted by Crippen LogP contribution is -2.05. The number of carbonyl (C=O) groups excluding carboxylic acids is 2. The van der Waals surface area contributed by atoms with Crippen LogP contribution >= 0.6 is 0 Å². The molecule has 0 unspecified atom stereocenters. The Bertz CT molecular complexity index is 941. The molecule has 2 aromatic carbocycles. The van der Waals surface area contributed by atoms with Crippen LogP contribution in [0.2, 0.25) is 0 Å². The zero-order chi connectivity index (χ0) is 27.3. The highest BCUT2D eigenvalue weighted by Crippen LogP contribution is 2.07. The van der Waals surface area contributed by atoms with Crippen LogP contribution in [0.3, 0.4) is 0 Å². The number of hydrogen-bond acceptors (Lipinski definition) is 6. The molecule has 6 heteroatoms. The zero-order valence-corrected chi connectivity index (χ0v) is 22.9. The second-order valence-corrected chi connectivity index (χ2v) is 9.22. The van der Waals surface area contributed by atoms with Gasteiger partial charge in [0.2, 0.25) is 0 Å². The highest BCUT2D eigenvalue weighted by Gasteiger charge is 2.03. The van der Waals surface area contributed by atoms with E-state index in [-0.39, 0.29) is 13.2 Å². The molecule has 0 fully saturated rings. The summed E-state index contributed by atoms with van der Waals surface area (Å²) in [6.45, 7) is 6.33. The summed E-state index contributed by atoms with van der Waals surface area (Å²) in [7, 11) is 0. The first-order valence-corrected chi connectivity index (χ1v) is 13.8. The van der Waals surface area contributed by atoms with Gasteiger partial charge in [0.15, 0.2) is 0 Å². The lowest BCUT2D eigenvalue weighted by atomic mass is 10.1. The normalized spacial score (nSPS) is 11.5. The highest BCUT2D eigenvalue weighted by atomic mass is 16.5. The Labute approximate surface area is 227 Å². The van der Waals surface area contributed by atoms with Crippen molar-refractivity contribution in [2.45, 2.75) is 78.4 Å². The lowest BCUT2D eigenvalue weighted by molar-refractivity contribution is -0.141. The summed E-state index contributed by atoms with van der Waals surface area (Å²) in [6.07, 6.45) is 15.5. The van der Waals surface area contributed by atoms with E-state index in [4.69, 9.17) is 9.47 Å². The van der Waals surface area contributed by atoms with Gasteiger partial charge >= 0.3 is 11.9 Å². The van der Waals surface area contributed by atoms with Crippen LogP contribution in [0.5, 0.6) is 0 Å². The van der Waals surface area contributed by atoms with Crippen molar-refractivity contribution in [3.8, 4) is 0 Å². The molecule has 0 spiro atoms. The van der Waals surface area contributed by atoms with Gasteiger partial charge in [-0.2, -0.15) is 0 Å². The van der Waals surface area contributed by atoms with Crippen LogP contribution in [0.1, 0.15) is 87.5 Å². The van der Waals surface area contributed by atoms with E-state index in [0.717, 1.165) is 60.3 Å². The molecule has 0 aromatic heterocycles. The van der Waals surface area contributed by atoms with Crippen LogP contribution in [0.15, 0.2) is 70.7 Å². The van der Waals surface area contributed by atoms with E-state index < -0.39 is 11.9 Å². The molecule has 204 valence electrons. The monoisotopic (exact) mass is 518 g/mol. The number of esters is 2. The second kappa shape index (κ2) is 19.6. The molecule has 2 aromatic rings. The number of nitrogens with zero attached hydrogens (tertiary/aromatic N) is 2. The molecule has 2 rings (SSSR count). The Hall–Kier alpha value is -3.54. The Morgan fingerprint density at radius 1 is 0.605 bits per heavy atom. The van der Waals surface area contributed by atoms with E-state index in [2.05, 4.69) is 23.8 Å². The molecule has 0 aliphatic heterocycles. The van der Waals surface area contributed by atoms with E-state index in [1.54, 1.807) is 0 Å². The molecular weight excluding hydrogens is 476 g/mol. The Morgan fingerprint density at radius 3 is 1.37 bits per heavy atom. The fourth-order valence-corrected chi connectivity index (χ4v) is 3.54. The minimum Gasteiger partial charge on any atom is -0.458 e. The van der Waals surface area contributed by atoms with Crippen molar-refractivity contribution in [2.24, 2.45) is 9.98 Å². The van der Waals surface area contributed by atoms with Crippen molar-refractivity contribution in [2.75, 3.05) is 13.1 Å². The highest BCUT2D eigenvalue weighted by molar-refractivity contribution is 5.91. The smallest absolute Gasteiger partial charge is 0.331 e. The first-order valence-electron chi connectivity index (χ1n) is 13.8. The van der Waals surface area contributed by atoms with Gasteiger partial charge in [-0.1, -0.05) is 101 Å². The van der Waals surface area contributed by atoms with Gasteiger partial charge in [0.1, 0.15) is 13.2 Å². The zero-order valence-electron chi connectivity index (χ0n) is 22.9. The molecule has 0 N–H and O–H groups in total. The van der Waals surface area contributed by atoms with Crippen LogP contribution in [0, 0.1) is 0 Å². The maximum atomic E-state index is 12.0. The van der Waals surface area contributed by atoms with Crippen molar-refractivity contribution >= 4 is 24.4 Å². The summed E-state index contributed by atoms with van der Waals surface area (Å²) in [5, 5.41) is 0. The predicted octanol–water partition coefficient (Wildman–Crippen LogP) is 7.03. The SMILES string of the molecule is CCCCCCN=Cc1ccc(COC(=O)/C=C\C(=O)OCc2ccc(C=NCCCCCC)cc2)cc1. The number of hydrogen-bond donors (Lipinski definition) is 0. The molecule has 6 nitrogen and oxygen atoms in total. The van der Waals surface area contributed by atoms with Crippen LogP contribution < -0.4 is 0 Å². The second-order valence-electron chi connectivity index (χ2n) is 9.22. The summed E-state index contributed by atoms with van der Waals surface area (Å²) >= 11 is 0. The fraction of sp³-hybridized carbons (Fsp3) is 0.438. The van der Waals surface area contributed by atoms with E-state index in [1.165, 1.54) is 38.5 Å². The quantitative estimate of drug-likeness (QED) is 0.0919. The molecule has 0 radical (unpaired) electrons. The number of rotatable bonds is 18. The minimum atomic E-state index is -0.599. The number of aliphatic imine (C=N–C) groups is 2. The Morgan fingerprint density at radius 2 is 1.00 bits per heavy atom. The average Bonchev–Trinajstić information content (AvgIpc) is 2.94. The largest absolute Gasteiger partial charge is 0.458 e. The molecular formula is C32H42N2O4. The topological polar surface area (TPSA) is 77.3 Å². The summed E-state index contributed by atoms with van der Waals surface area (Å²) in [5.74, 6) is -1.20. The minimum absolute atomic E-state index is 0.126. The molecule has 0 heterocycles. The van der Waals surface area contributed by atoms with Gasteiger partial charge in [-0.25, -0.2) is 9.59 Å². The van der Waals surface area contributed by atoms with E-state index in [9.17, 15) is 9.59 Å².